The Labute approximate surface area is 110 Å². The number of nitrogens with one attached hydrogen (secondary N) is 2. The Bertz CT molecular complexity index is 617. The molecule has 1 aromatic carbocycles. The molecule has 19 heavy (non-hydrogen) atoms. The first-order chi connectivity index (χ1) is 9.11. The number of hydrogen-bond donors (Lipinski definition) is 2. The molecule has 0 spiro atoms. The Morgan fingerprint density at radius 2 is 1.79 bits per heavy atom. The molecule has 0 atom stereocenters. The standard InChI is InChI=1S/C14H14N2O3/c1-9(17)10-7-8-12(15-10)14(18)16-11-5-3-4-6-13(11)19-2/h3-8,15H,1-2H3,(H,16,18). The predicted octanol–water partition coefficient (Wildman–Crippen LogP) is 2.48. The number of ketones is 1. The van der Waals surface area contributed by atoms with E-state index in [0.29, 0.717) is 22.8 Å². The molecule has 5 heteroatoms. The SMILES string of the molecule is COc1ccccc1NC(=O)c1ccc(C(C)=O)[nH]1. The van der Waals surface area contributed by atoms with Crippen LogP contribution < -0.4 is 10.1 Å². The first-order valence-corrected chi connectivity index (χ1v) is 5.76. The number of anilines is 1. The Hall–Kier alpha value is -2.56. The van der Waals surface area contributed by atoms with Gasteiger partial charge in [-0.1, -0.05) is 12.1 Å². The minimum atomic E-state index is -0.322. The number of H-pyrrole nitrogens is 1. The van der Waals surface area contributed by atoms with Crippen molar-refractivity contribution in [3.63, 3.8) is 0 Å². The number of methoxy groups -OCH3 is 1. The van der Waals surface area contributed by atoms with Gasteiger partial charge in [-0.15, -0.1) is 0 Å². The van der Waals surface area contributed by atoms with E-state index in [4.69, 9.17) is 4.74 Å². The van der Waals surface area contributed by atoms with Crippen LogP contribution in [0.4, 0.5) is 5.69 Å². The zero-order valence-electron chi connectivity index (χ0n) is 10.7. The highest BCUT2D eigenvalue weighted by Gasteiger charge is 2.12. The lowest BCUT2D eigenvalue weighted by Gasteiger charge is -2.08. The van der Waals surface area contributed by atoms with Gasteiger partial charge in [0.05, 0.1) is 18.5 Å². The number of Topliss-reactive ketones (excluding diaryl/α,β-unsaturated/α-hetero) is 1. The molecule has 0 fully saturated rings. The Morgan fingerprint density at radius 3 is 2.42 bits per heavy atom. The lowest BCUT2D eigenvalue weighted by atomic mass is 10.3. The van der Waals surface area contributed by atoms with Crippen LogP contribution in [0.25, 0.3) is 0 Å². The molecule has 0 aliphatic heterocycles. The number of carbonyl (C=O) groups excluding carboxylic acids is 2. The fraction of sp³-hybridized carbons (Fsp3) is 0.143. The van der Waals surface area contributed by atoms with Crippen LogP contribution in [0.1, 0.15) is 27.9 Å². The van der Waals surface area contributed by atoms with Crippen molar-refractivity contribution in [2.45, 2.75) is 6.92 Å². The summed E-state index contributed by atoms with van der Waals surface area (Å²) in [6.45, 7) is 1.44. The summed E-state index contributed by atoms with van der Waals surface area (Å²) < 4.78 is 5.15. The molecule has 2 rings (SSSR count). The number of hydrogen-bond acceptors (Lipinski definition) is 3. The summed E-state index contributed by atoms with van der Waals surface area (Å²) >= 11 is 0. The van der Waals surface area contributed by atoms with Gasteiger partial charge >= 0.3 is 0 Å². The van der Waals surface area contributed by atoms with Gasteiger partial charge in [-0.2, -0.15) is 0 Å². The summed E-state index contributed by atoms with van der Waals surface area (Å²) in [5.74, 6) is 0.141. The average Bonchev–Trinajstić information content (AvgIpc) is 2.89. The highest BCUT2D eigenvalue weighted by Crippen LogP contribution is 2.23. The van der Waals surface area contributed by atoms with Gasteiger partial charge in [0.1, 0.15) is 11.4 Å². The van der Waals surface area contributed by atoms with Crippen molar-refractivity contribution in [1.82, 2.24) is 4.98 Å². The summed E-state index contributed by atoms with van der Waals surface area (Å²) in [5.41, 5.74) is 1.32. The monoisotopic (exact) mass is 258 g/mol. The lowest BCUT2D eigenvalue weighted by Crippen LogP contribution is -2.13. The molecular formula is C14H14N2O3. The molecule has 0 aliphatic rings. The highest BCUT2D eigenvalue weighted by molar-refractivity contribution is 6.05. The van der Waals surface area contributed by atoms with E-state index in [9.17, 15) is 9.59 Å². The summed E-state index contributed by atoms with van der Waals surface area (Å²) in [6, 6.07) is 10.3. The summed E-state index contributed by atoms with van der Waals surface area (Å²) in [6.07, 6.45) is 0. The lowest BCUT2D eigenvalue weighted by molar-refractivity contribution is 0.101. The fourth-order valence-electron chi connectivity index (χ4n) is 1.67. The molecule has 1 amide bonds. The van der Waals surface area contributed by atoms with E-state index in [1.807, 2.05) is 6.07 Å². The van der Waals surface area contributed by atoms with E-state index in [0.717, 1.165) is 0 Å². The first kappa shape index (κ1) is 12.9. The van der Waals surface area contributed by atoms with Gasteiger partial charge in [0.25, 0.3) is 5.91 Å². The van der Waals surface area contributed by atoms with Crippen molar-refractivity contribution in [2.75, 3.05) is 12.4 Å². The Balaban J connectivity index is 2.18. The maximum Gasteiger partial charge on any atom is 0.272 e. The summed E-state index contributed by atoms with van der Waals surface area (Å²) in [4.78, 5) is 25.9. The third kappa shape index (κ3) is 2.82. The van der Waals surface area contributed by atoms with E-state index < -0.39 is 0 Å². The van der Waals surface area contributed by atoms with Crippen LogP contribution in [0.3, 0.4) is 0 Å². The van der Waals surface area contributed by atoms with Crippen LogP contribution in [0.2, 0.25) is 0 Å². The van der Waals surface area contributed by atoms with Crippen LogP contribution in [-0.2, 0) is 0 Å². The van der Waals surface area contributed by atoms with Gasteiger partial charge in [0, 0.05) is 6.92 Å². The zero-order valence-corrected chi connectivity index (χ0v) is 10.7. The zero-order chi connectivity index (χ0) is 13.8. The molecule has 5 nitrogen and oxygen atoms in total. The van der Waals surface area contributed by atoms with Gasteiger partial charge in [-0.3, -0.25) is 9.59 Å². The van der Waals surface area contributed by atoms with Crippen molar-refractivity contribution in [3.8, 4) is 5.75 Å². The minimum Gasteiger partial charge on any atom is -0.495 e. The van der Waals surface area contributed by atoms with Crippen LogP contribution in [0.5, 0.6) is 5.75 Å². The third-order valence-electron chi connectivity index (χ3n) is 2.67. The molecule has 0 saturated carbocycles. The van der Waals surface area contributed by atoms with Gasteiger partial charge < -0.3 is 15.0 Å². The molecule has 0 bridgehead atoms. The van der Waals surface area contributed by atoms with Crippen molar-refractivity contribution < 1.29 is 14.3 Å². The number of ether oxygens (including phenoxy) is 1. The number of aromatic amines is 1. The normalized spacial score (nSPS) is 10.0. The largest absolute Gasteiger partial charge is 0.495 e. The summed E-state index contributed by atoms with van der Waals surface area (Å²) in [7, 11) is 1.54. The van der Waals surface area contributed by atoms with E-state index in [1.54, 1.807) is 30.3 Å². The number of carbonyl (C=O) groups is 2. The molecule has 2 N–H and O–H groups in total. The topological polar surface area (TPSA) is 71.2 Å². The number of rotatable bonds is 4. The maximum absolute atomic E-state index is 12.0. The fourth-order valence-corrected chi connectivity index (χ4v) is 1.67. The second kappa shape index (κ2) is 5.39. The maximum atomic E-state index is 12.0. The van der Waals surface area contributed by atoms with Crippen LogP contribution in [0.15, 0.2) is 36.4 Å². The number of para-hydroxylation sites is 2. The van der Waals surface area contributed by atoms with Gasteiger partial charge in [-0.05, 0) is 24.3 Å². The second-order valence-electron chi connectivity index (χ2n) is 4.00. The molecule has 2 aromatic rings. The number of amides is 1. The molecule has 0 aliphatic carbocycles. The van der Waals surface area contributed by atoms with E-state index in [-0.39, 0.29) is 11.7 Å². The van der Waals surface area contributed by atoms with Crippen molar-refractivity contribution in [2.24, 2.45) is 0 Å². The molecule has 0 saturated heterocycles. The van der Waals surface area contributed by atoms with E-state index >= 15 is 0 Å². The molecule has 0 radical (unpaired) electrons. The number of aromatic nitrogens is 1. The highest BCUT2D eigenvalue weighted by atomic mass is 16.5. The number of benzene rings is 1. The van der Waals surface area contributed by atoms with E-state index in [1.165, 1.54) is 14.0 Å². The van der Waals surface area contributed by atoms with Gasteiger partial charge in [-0.25, -0.2) is 0 Å². The molecular weight excluding hydrogens is 244 g/mol. The average molecular weight is 258 g/mol. The van der Waals surface area contributed by atoms with Crippen molar-refractivity contribution >= 4 is 17.4 Å². The smallest absolute Gasteiger partial charge is 0.272 e. The van der Waals surface area contributed by atoms with Gasteiger partial charge in [0.15, 0.2) is 5.78 Å². The van der Waals surface area contributed by atoms with Gasteiger partial charge in [0.2, 0.25) is 0 Å². The quantitative estimate of drug-likeness (QED) is 0.827. The molecule has 1 heterocycles. The summed E-state index contributed by atoms with van der Waals surface area (Å²) in [5, 5.41) is 2.72. The van der Waals surface area contributed by atoms with Crippen molar-refractivity contribution in [3.05, 3.63) is 47.8 Å². The third-order valence-corrected chi connectivity index (χ3v) is 2.67. The van der Waals surface area contributed by atoms with Crippen LogP contribution in [0, 0.1) is 0 Å². The predicted molar refractivity (Wildman–Crippen MR) is 71.7 cm³/mol. The molecule has 0 unspecified atom stereocenters. The molecule has 98 valence electrons. The first-order valence-electron chi connectivity index (χ1n) is 5.76. The minimum absolute atomic E-state index is 0.114. The Morgan fingerprint density at radius 1 is 1.11 bits per heavy atom. The van der Waals surface area contributed by atoms with Crippen LogP contribution >= 0.6 is 0 Å². The Kier molecular flexibility index (Phi) is 3.66. The second-order valence-corrected chi connectivity index (χ2v) is 4.00. The van der Waals surface area contributed by atoms with E-state index in [2.05, 4.69) is 10.3 Å². The molecule has 1 aromatic heterocycles. The van der Waals surface area contributed by atoms with Crippen LogP contribution in [-0.4, -0.2) is 23.8 Å². The van der Waals surface area contributed by atoms with Crippen molar-refractivity contribution in [1.29, 1.82) is 0 Å².